The highest BCUT2D eigenvalue weighted by Gasteiger charge is 2.34. The molecule has 1 heterocycles. The van der Waals surface area contributed by atoms with Gasteiger partial charge < -0.3 is 0 Å². The van der Waals surface area contributed by atoms with E-state index in [0.717, 1.165) is 6.07 Å². The van der Waals surface area contributed by atoms with E-state index in [1.54, 1.807) is 6.07 Å². The third-order valence-corrected chi connectivity index (χ3v) is 3.54. The predicted molar refractivity (Wildman–Crippen MR) is 75.1 cm³/mol. The van der Waals surface area contributed by atoms with Gasteiger partial charge in [0.25, 0.3) is 5.91 Å². The quantitative estimate of drug-likeness (QED) is 0.631. The van der Waals surface area contributed by atoms with Gasteiger partial charge in [-0.2, -0.15) is 13.2 Å². The Morgan fingerprint density at radius 3 is 2.41 bits per heavy atom. The number of nitrogens with zero attached hydrogens (tertiary/aromatic N) is 2. The standard InChI is InChI=1S/C13H9F3N2O3S/c14-13(15,16)8-17(10-4-2-1-3-5-10)12(19)9-6-11(18(20)21)22-7-9/h1-7H,8H2. The minimum absolute atomic E-state index is 0.0682. The second-order valence-electron chi connectivity index (χ2n) is 4.27. The molecule has 0 aliphatic carbocycles. The molecule has 0 N–H and O–H groups in total. The van der Waals surface area contributed by atoms with E-state index >= 15 is 0 Å². The Morgan fingerprint density at radius 1 is 1.27 bits per heavy atom. The molecule has 5 nitrogen and oxygen atoms in total. The van der Waals surface area contributed by atoms with Crippen molar-refractivity contribution in [3.8, 4) is 0 Å². The SMILES string of the molecule is O=C(c1csc([N+](=O)[O-])c1)N(CC(F)(F)F)c1ccccc1. The summed E-state index contributed by atoms with van der Waals surface area (Å²) in [5.74, 6) is -0.937. The molecule has 0 bridgehead atoms. The van der Waals surface area contributed by atoms with E-state index in [-0.39, 0.29) is 16.3 Å². The molecule has 1 aromatic heterocycles. The first kappa shape index (κ1) is 16.0. The van der Waals surface area contributed by atoms with Gasteiger partial charge in [-0.05, 0) is 12.1 Å². The molecule has 0 unspecified atom stereocenters. The lowest BCUT2D eigenvalue weighted by Crippen LogP contribution is -2.39. The number of hydrogen-bond donors (Lipinski definition) is 0. The lowest BCUT2D eigenvalue weighted by molar-refractivity contribution is -0.380. The summed E-state index contributed by atoms with van der Waals surface area (Å²) in [7, 11) is 0. The molecule has 2 rings (SSSR count). The van der Waals surface area contributed by atoms with Crippen LogP contribution in [-0.4, -0.2) is 23.6 Å². The van der Waals surface area contributed by atoms with Crippen LogP contribution < -0.4 is 4.90 Å². The van der Waals surface area contributed by atoms with Crippen molar-refractivity contribution in [1.29, 1.82) is 0 Å². The van der Waals surface area contributed by atoms with Crippen LogP contribution in [0.5, 0.6) is 0 Å². The van der Waals surface area contributed by atoms with E-state index < -0.39 is 23.6 Å². The van der Waals surface area contributed by atoms with Crippen molar-refractivity contribution < 1.29 is 22.9 Å². The highest BCUT2D eigenvalue weighted by Crippen LogP contribution is 2.27. The van der Waals surface area contributed by atoms with Crippen LogP contribution >= 0.6 is 11.3 Å². The average Bonchev–Trinajstić information content (AvgIpc) is 2.94. The molecule has 0 spiro atoms. The Labute approximate surface area is 126 Å². The smallest absolute Gasteiger partial charge is 0.299 e. The summed E-state index contributed by atoms with van der Waals surface area (Å²) < 4.78 is 38.1. The number of hydrogen-bond acceptors (Lipinski definition) is 4. The first-order valence-corrected chi connectivity index (χ1v) is 6.82. The van der Waals surface area contributed by atoms with Crippen LogP contribution in [0.1, 0.15) is 10.4 Å². The largest absolute Gasteiger partial charge is 0.406 e. The zero-order valence-electron chi connectivity index (χ0n) is 10.9. The van der Waals surface area contributed by atoms with Crippen LogP contribution in [0, 0.1) is 10.1 Å². The Kier molecular flexibility index (Phi) is 4.45. The van der Waals surface area contributed by atoms with Gasteiger partial charge in [-0.15, -0.1) is 0 Å². The van der Waals surface area contributed by atoms with Crippen molar-refractivity contribution in [1.82, 2.24) is 0 Å². The van der Waals surface area contributed by atoms with E-state index in [1.165, 1.54) is 29.6 Å². The number of rotatable bonds is 4. The monoisotopic (exact) mass is 330 g/mol. The van der Waals surface area contributed by atoms with Crippen molar-refractivity contribution in [2.45, 2.75) is 6.18 Å². The van der Waals surface area contributed by atoms with E-state index in [9.17, 15) is 28.1 Å². The normalized spacial score (nSPS) is 11.2. The van der Waals surface area contributed by atoms with E-state index in [1.807, 2.05) is 0 Å². The van der Waals surface area contributed by atoms with Gasteiger partial charge in [0, 0.05) is 17.1 Å². The van der Waals surface area contributed by atoms with Crippen LogP contribution in [0.2, 0.25) is 0 Å². The number of alkyl halides is 3. The van der Waals surface area contributed by atoms with E-state index in [0.29, 0.717) is 16.2 Å². The molecule has 0 radical (unpaired) electrons. The van der Waals surface area contributed by atoms with E-state index in [4.69, 9.17) is 0 Å². The van der Waals surface area contributed by atoms with Crippen molar-refractivity contribution >= 4 is 27.9 Å². The van der Waals surface area contributed by atoms with Gasteiger partial charge in [-0.3, -0.25) is 19.8 Å². The zero-order valence-corrected chi connectivity index (χ0v) is 11.7. The van der Waals surface area contributed by atoms with Crippen LogP contribution in [0.25, 0.3) is 0 Å². The molecule has 0 atom stereocenters. The minimum atomic E-state index is -4.59. The number of carbonyl (C=O) groups excluding carboxylic acids is 1. The minimum Gasteiger partial charge on any atom is -0.299 e. The summed E-state index contributed by atoms with van der Waals surface area (Å²) in [5, 5.41) is 11.5. The molecule has 2 aromatic rings. The number of para-hydroxylation sites is 1. The van der Waals surface area contributed by atoms with Gasteiger partial charge in [-0.25, -0.2) is 0 Å². The maximum absolute atomic E-state index is 12.7. The van der Waals surface area contributed by atoms with Crippen molar-refractivity contribution in [3.05, 3.63) is 57.5 Å². The number of benzene rings is 1. The van der Waals surface area contributed by atoms with Gasteiger partial charge in [-0.1, -0.05) is 29.5 Å². The maximum Gasteiger partial charge on any atom is 0.406 e. The first-order chi connectivity index (χ1) is 10.3. The molecular formula is C13H9F3N2O3S. The summed E-state index contributed by atoms with van der Waals surface area (Å²) in [6.45, 7) is -1.47. The Bertz CT molecular complexity index is 685. The number of anilines is 1. The molecule has 0 aliphatic rings. The highest BCUT2D eigenvalue weighted by atomic mass is 32.1. The molecule has 0 saturated heterocycles. The number of thiophene rings is 1. The topological polar surface area (TPSA) is 63.4 Å². The van der Waals surface area contributed by atoms with Crippen molar-refractivity contribution in [2.75, 3.05) is 11.4 Å². The van der Waals surface area contributed by atoms with Gasteiger partial charge in [0.2, 0.25) is 0 Å². The maximum atomic E-state index is 12.7. The molecule has 1 amide bonds. The summed E-state index contributed by atoms with van der Waals surface area (Å²) in [6, 6.07) is 8.31. The molecule has 116 valence electrons. The van der Waals surface area contributed by atoms with E-state index in [2.05, 4.69) is 0 Å². The second kappa shape index (κ2) is 6.14. The number of nitro groups is 1. The molecule has 0 fully saturated rings. The van der Waals surface area contributed by atoms with Gasteiger partial charge >= 0.3 is 11.2 Å². The Morgan fingerprint density at radius 2 is 1.91 bits per heavy atom. The van der Waals surface area contributed by atoms with Crippen LogP contribution in [0.4, 0.5) is 23.9 Å². The summed E-state index contributed by atoms with van der Waals surface area (Å²) in [6.07, 6.45) is -4.59. The summed E-state index contributed by atoms with van der Waals surface area (Å²) in [5.41, 5.74) is -0.0801. The molecule has 22 heavy (non-hydrogen) atoms. The van der Waals surface area contributed by atoms with Crippen LogP contribution in [0.3, 0.4) is 0 Å². The molecule has 0 saturated carbocycles. The lowest BCUT2D eigenvalue weighted by Gasteiger charge is -2.23. The Balaban J connectivity index is 2.35. The van der Waals surface area contributed by atoms with Crippen LogP contribution in [0.15, 0.2) is 41.8 Å². The van der Waals surface area contributed by atoms with Gasteiger partial charge in [0.05, 0.1) is 10.5 Å². The fourth-order valence-corrected chi connectivity index (χ4v) is 2.45. The predicted octanol–water partition coefficient (Wildman–Crippen LogP) is 3.87. The number of carbonyl (C=O) groups is 1. The fourth-order valence-electron chi connectivity index (χ4n) is 1.76. The average molecular weight is 330 g/mol. The third kappa shape index (κ3) is 3.82. The molecule has 0 aliphatic heterocycles. The molecule has 1 aromatic carbocycles. The second-order valence-corrected chi connectivity index (χ2v) is 5.16. The Hall–Kier alpha value is -2.42. The third-order valence-electron chi connectivity index (χ3n) is 2.66. The fraction of sp³-hybridized carbons (Fsp3) is 0.154. The summed E-state index contributed by atoms with van der Waals surface area (Å²) in [4.78, 5) is 22.7. The molecule has 9 heteroatoms. The van der Waals surface area contributed by atoms with Gasteiger partial charge in [0.1, 0.15) is 6.54 Å². The molecular weight excluding hydrogens is 321 g/mol. The van der Waals surface area contributed by atoms with Crippen molar-refractivity contribution in [3.63, 3.8) is 0 Å². The van der Waals surface area contributed by atoms with Crippen molar-refractivity contribution in [2.24, 2.45) is 0 Å². The van der Waals surface area contributed by atoms with Gasteiger partial charge in [0.15, 0.2) is 0 Å². The lowest BCUT2D eigenvalue weighted by atomic mass is 10.2. The number of amides is 1. The number of halogens is 3. The zero-order chi connectivity index (χ0) is 16.3. The first-order valence-electron chi connectivity index (χ1n) is 5.94. The van der Waals surface area contributed by atoms with Crippen LogP contribution in [-0.2, 0) is 0 Å². The highest BCUT2D eigenvalue weighted by molar-refractivity contribution is 7.13. The summed E-state index contributed by atoms with van der Waals surface area (Å²) >= 11 is 0.689.